The summed E-state index contributed by atoms with van der Waals surface area (Å²) in [5.41, 5.74) is 0.983. The van der Waals surface area contributed by atoms with Gasteiger partial charge in [-0.3, -0.25) is 14.2 Å². The summed E-state index contributed by atoms with van der Waals surface area (Å²) in [6.07, 6.45) is 1.36. The van der Waals surface area contributed by atoms with E-state index in [1.807, 2.05) is 12.1 Å². The number of aromatic nitrogens is 2. The number of halogens is 2. The second kappa shape index (κ2) is 6.32. The molecule has 0 aliphatic heterocycles. The number of carbonyl (C=O) groups excluding carboxylic acids is 1. The van der Waals surface area contributed by atoms with Crippen molar-refractivity contribution in [3.63, 3.8) is 0 Å². The molecule has 0 unspecified atom stereocenters. The zero-order chi connectivity index (χ0) is 14.7. The molecule has 0 saturated heterocycles. The minimum atomic E-state index is -0.289. The molecule has 2 aromatic rings. The summed E-state index contributed by atoms with van der Waals surface area (Å²) < 4.78 is 2.49. The van der Waals surface area contributed by atoms with Gasteiger partial charge < -0.3 is 5.32 Å². The van der Waals surface area contributed by atoms with E-state index in [4.69, 9.17) is 0 Å². The number of nitrogens with zero attached hydrogens (tertiary/aromatic N) is 2. The van der Waals surface area contributed by atoms with Crippen LogP contribution < -0.4 is 10.9 Å². The molecular weight excluding hydrogens is 390 g/mol. The van der Waals surface area contributed by atoms with Crippen LogP contribution in [0.25, 0.3) is 0 Å². The molecule has 7 heteroatoms. The fraction of sp³-hybridized carbons (Fsp3) is 0.154. The SMILES string of the molecule is Cc1ncn(CC(=O)Nc2cccc(Br)c2)c(=O)c1Br. The van der Waals surface area contributed by atoms with Crippen LogP contribution in [-0.2, 0) is 11.3 Å². The average Bonchev–Trinajstić information content (AvgIpc) is 2.39. The van der Waals surface area contributed by atoms with Gasteiger partial charge in [0.15, 0.2) is 0 Å². The van der Waals surface area contributed by atoms with Crippen molar-refractivity contribution in [1.29, 1.82) is 0 Å². The van der Waals surface area contributed by atoms with Gasteiger partial charge in [0.2, 0.25) is 5.91 Å². The molecule has 0 saturated carbocycles. The van der Waals surface area contributed by atoms with Crippen molar-refractivity contribution in [3.05, 3.63) is 55.6 Å². The molecule has 0 aliphatic carbocycles. The lowest BCUT2D eigenvalue weighted by Gasteiger charge is -2.08. The number of amides is 1. The van der Waals surface area contributed by atoms with Gasteiger partial charge in [-0.15, -0.1) is 0 Å². The van der Waals surface area contributed by atoms with Gasteiger partial charge in [0.1, 0.15) is 11.0 Å². The van der Waals surface area contributed by atoms with Gasteiger partial charge in [-0.2, -0.15) is 0 Å². The molecule has 2 rings (SSSR count). The maximum atomic E-state index is 11.9. The number of benzene rings is 1. The molecule has 5 nitrogen and oxygen atoms in total. The molecule has 1 heterocycles. The van der Waals surface area contributed by atoms with Crippen LogP contribution in [0.15, 0.2) is 44.3 Å². The van der Waals surface area contributed by atoms with Crippen LogP contribution in [0.4, 0.5) is 5.69 Å². The first kappa shape index (κ1) is 14.9. The predicted octanol–water partition coefficient (Wildman–Crippen LogP) is 2.72. The summed E-state index contributed by atoms with van der Waals surface area (Å²) in [5.74, 6) is -0.289. The van der Waals surface area contributed by atoms with Crippen LogP contribution in [0.1, 0.15) is 5.69 Å². The Bertz CT molecular complexity index is 713. The molecule has 0 radical (unpaired) electrons. The second-order valence-corrected chi connectivity index (χ2v) is 5.84. The molecule has 1 aromatic carbocycles. The summed E-state index contributed by atoms with van der Waals surface area (Å²) in [7, 11) is 0. The van der Waals surface area contributed by atoms with Crippen molar-refractivity contribution in [2.75, 3.05) is 5.32 Å². The highest BCUT2D eigenvalue weighted by Crippen LogP contribution is 2.15. The van der Waals surface area contributed by atoms with Gasteiger partial charge in [-0.25, -0.2) is 4.98 Å². The minimum Gasteiger partial charge on any atom is -0.324 e. The normalized spacial score (nSPS) is 10.3. The largest absolute Gasteiger partial charge is 0.324 e. The lowest BCUT2D eigenvalue weighted by molar-refractivity contribution is -0.116. The van der Waals surface area contributed by atoms with Gasteiger partial charge in [-0.05, 0) is 41.1 Å². The van der Waals surface area contributed by atoms with E-state index in [0.717, 1.165) is 4.47 Å². The minimum absolute atomic E-state index is 0.0861. The molecule has 0 bridgehead atoms. The van der Waals surface area contributed by atoms with Gasteiger partial charge in [-0.1, -0.05) is 22.0 Å². The molecule has 1 amide bonds. The van der Waals surface area contributed by atoms with Gasteiger partial charge in [0.25, 0.3) is 5.56 Å². The highest BCUT2D eigenvalue weighted by molar-refractivity contribution is 9.10. The fourth-order valence-electron chi connectivity index (χ4n) is 1.58. The van der Waals surface area contributed by atoms with E-state index >= 15 is 0 Å². The maximum Gasteiger partial charge on any atom is 0.268 e. The molecule has 1 aromatic heterocycles. The standard InChI is InChI=1S/C13H11Br2N3O2/c1-8-12(15)13(20)18(7-16-8)6-11(19)17-10-4-2-3-9(14)5-10/h2-5,7H,6H2,1H3,(H,17,19). The van der Waals surface area contributed by atoms with Gasteiger partial charge in [0, 0.05) is 10.2 Å². The Morgan fingerprint density at radius 1 is 1.40 bits per heavy atom. The van der Waals surface area contributed by atoms with Crippen molar-refractivity contribution in [3.8, 4) is 0 Å². The Labute approximate surface area is 132 Å². The van der Waals surface area contributed by atoms with Crippen molar-refractivity contribution < 1.29 is 4.79 Å². The average molecular weight is 401 g/mol. The summed E-state index contributed by atoms with van der Waals surface area (Å²) in [6, 6.07) is 7.23. The topological polar surface area (TPSA) is 64.0 Å². The van der Waals surface area contributed by atoms with E-state index in [1.165, 1.54) is 10.9 Å². The fourth-order valence-corrected chi connectivity index (χ4v) is 2.31. The third-order valence-corrected chi connectivity index (χ3v) is 3.99. The smallest absolute Gasteiger partial charge is 0.268 e. The van der Waals surface area contributed by atoms with E-state index in [9.17, 15) is 9.59 Å². The molecule has 0 fully saturated rings. The number of rotatable bonds is 3. The number of hydrogen-bond acceptors (Lipinski definition) is 3. The molecule has 104 valence electrons. The Kier molecular flexibility index (Phi) is 4.72. The van der Waals surface area contributed by atoms with Crippen LogP contribution in [0, 0.1) is 6.92 Å². The third-order valence-electron chi connectivity index (χ3n) is 2.58. The summed E-state index contributed by atoms with van der Waals surface area (Å²) >= 11 is 6.49. The van der Waals surface area contributed by atoms with Crippen LogP contribution in [0.5, 0.6) is 0 Å². The Hall–Kier alpha value is -1.47. The maximum absolute atomic E-state index is 11.9. The monoisotopic (exact) mass is 399 g/mol. The lowest BCUT2D eigenvalue weighted by Crippen LogP contribution is -2.28. The van der Waals surface area contributed by atoms with Crippen LogP contribution in [0.2, 0.25) is 0 Å². The van der Waals surface area contributed by atoms with E-state index < -0.39 is 0 Å². The first-order chi connectivity index (χ1) is 9.47. The van der Waals surface area contributed by atoms with Crippen molar-refractivity contribution in [2.45, 2.75) is 13.5 Å². The lowest BCUT2D eigenvalue weighted by atomic mass is 10.3. The number of aryl methyl sites for hydroxylation is 1. The molecule has 20 heavy (non-hydrogen) atoms. The quantitative estimate of drug-likeness (QED) is 0.861. The highest BCUT2D eigenvalue weighted by atomic mass is 79.9. The summed E-state index contributed by atoms with van der Waals surface area (Å²) in [4.78, 5) is 27.9. The van der Waals surface area contributed by atoms with E-state index in [2.05, 4.69) is 42.2 Å². The Morgan fingerprint density at radius 3 is 2.85 bits per heavy atom. The summed E-state index contributed by atoms with van der Waals surface area (Å²) in [6.45, 7) is 1.63. The second-order valence-electron chi connectivity index (χ2n) is 4.14. The van der Waals surface area contributed by atoms with E-state index in [-0.39, 0.29) is 18.0 Å². The molecular formula is C13H11Br2N3O2. The van der Waals surface area contributed by atoms with E-state index in [1.54, 1.807) is 19.1 Å². The summed E-state index contributed by atoms with van der Waals surface area (Å²) in [5, 5.41) is 2.72. The number of anilines is 1. The van der Waals surface area contributed by atoms with Crippen LogP contribution in [-0.4, -0.2) is 15.5 Å². The number of nitrogens with one attached hydrogen (secondary N) is 1. The molecule has 0 spiro atoms. The number of carbonyl (C=O) groups is 1. The van der Waals surface area contributed by atoms with Crippen molar-refractivity contribution in [1.82, 2.24) is 9.55 Å². The van der Waals surface area contributed by atoms with Gasteiger partial charge >= 0.3 is 0 Å². The Balaban J connectivity index is 2.13. The molecule has 0 atom stereocenters. The third kappa shape index (κ3) is 3.55. The molecule has 1 N–H and O–H groups in total. The van der Waals surface area contributed by atoms with Crippen molar-refractivity contribution >= 4 is 43.5 Å². The zero-order valence-electron chi connectivity index (χ0n) is 10.6. The van der Waals surface area contributed by atoms with E-state index in [0.29, 0.717) is 15.9 Å². The zero-order valence-corrected chi connectivity index (χ0v) is 13.7. The highest BCUT2D eigenvalue weighted by Gasteiger charge is 2.09. The van der Waals surface area contributed by atoms with Crippen LogP contribution in [0.3, 0.4) is 0 Å². The first-order valence-electron chi connectivity index (χ1n) is 5.74. The van der Waals surface area contributed by atoms with Gasteiger partial charge in [0.05, 0.1) is 12.0 Å². The van der Waals surface area contributed by atoms with Crippen molar-refractivity contribution in [2.24, 2.45) is 0 Å². The molecule has 0 aliphatic rings. The Morgan fingerprint density at radius 2 is 2.15 bits per heavy atom. The first-order valence-corrected chi connectivity index (χ1v) is 7.33. The van der Waals surface area contributed by atoms with Crippen LogP contribution >= 0.6 is 31.9 Å². The number of hydrogen-bond donors (Lipinski definition) is 1. The predicted molar refractivity (Wildman–Crippen MR) is 83.7 cm³/mol.